The molecule has 0 atom stereocenters. The van der Waals surface area contributed by atoms with Crippen molar-refractivity contribution in [2.45, 2.75) is 25.4 Å². The van der Waals surface area contributed by atoms with E-state index >= 15 is 0 Å². The molecule has 3 heterocycles. The van der Waals surface area contributed by atoms with Gasteiger partial charge < -0.3 is 10.3 Å². The molecule has 2 aromatic carbocycles. The summed E-state index contributed by atoms with van der Waals surface area (Å²) >= 11 is 6.89. The van der Waals surface area contributed by atoms with Crippen LogP contribution in [0.3, 0.4) is 0 Å². The molecule has 4 aromatic rings. The Kier molecular flexibility index (Phi) is 6.81. The van der Waals surface area contributed by atoms with Crippen LogP contribution in [0.25, 0.3) is 10.9 Å². The first-order valence-electron chi connectivity index (χ1n) is 11.3. The molecule has 35 heavy (non-hydrogen) atoms. The summed E-state index contributed by atoms with van der Waals surface area (Å²) in [5, 5.41) is 8.68. The second kappa shape index (κ2) is 10.2. The van der Waals surface area contributed by atoms with Gasteiger partial charge in [-0.1, -0.05) is 29.8 Å². The molecule has 1 aliphatic rings. The van der Waals surface area contributed by atoms with Gasteiger partial charge in [0.25, 0.3) is 11.8 Å². The van der Waals surface area contributed by atoms with Crippen LogP contribution < -0.4 is 10.6 Å². The van der Waals surface area contributed by atoms with E-state index in [1.54, 1.807) is 5.38 Å². The van der Waals surface area contributed by atoms with Gasteiger partial charge in [0.15, 0.2) is 5.13 Å². The molecule has 1 fully saturated rings. The van der Waals surface area contributed by atoms with E-state index in [1.165, 1.54) is 23.1 Å². The average molecular weight is 512 g/mol. The van der Waals surface area contributed by atoms with E-state index in [2.05, 4.69) is 49.9 Å². The predicted molar refractivity (Wildman–Crippen MR) is 136 cm³/mol. The van der Waals surface area contributed by atoms with Gasteiger partial charge in [-0.25, -0.2) is 9.37 Å². The summed E-state index contributed by atoms with van der Waals surface area (Å²) in [6.45, 7) is 2.66. The molecule has 1 aliphatic heterocycles. The van der Waals surface area contributed by atoms with Gasteiger partial charge in [0.2, 0.25) is 0 Å². The molecule has 0 aliphatic carbocycles. The maximum Gasteiger partial charge on any atom is 0.271 e. The summed E-state index contributed by atoms with van der Waals surface area (Å²) in [5.74, 6) is -1.34. The molecule has 5 rings (SSSR count). The van der Waals surface area contributed by atoms with Crippen molar-refractivity contribution in [2.24, 2.45) is 0 Å². The lowest BCUT2D eigenvalue weighted by atomic mass is 10.0. The number of H-pyrrole nitrogens is 1. The fourth-order valence-corrected chi connectivity index (χ4v) is 5.11. The van der Waals surface area contributed by atoms with Gasteiger partial charge in [-0.05, 0) is 42.7 Å². The number of carbonyl (C=O) groups is 2. The lowest BCUT2D eigenvalue weighted by Crippen LogP contribution is -2.44. The van der Waals surface area contributed by atoms with Crippen LogP contribution in [0.2, 0.25) is 5.02 Å². The molecule has 180 valence electrons. The van der Waals surface area contributed by atoms with Crippen molar-refractivity contribution < 1.29 is 14.0 Å². The van der Waals surface area contributed by atoms with Crippen LogP contribution in [0.1, 0.15) is 39.3 Å². The van der Waals surface area contributed by atoms with Crippen LogP contribution in [0.4, 0.5) is 9.52 Å². The Balaban J connectivity index is 1.12. The summed E-state index contributed by atoms with van der Waals surface area (Å²) in [6.07, 6.45) is 3.78. The van der Waals surface area contributed by atoms with Gasteiger partial charge in [-0.3, -0.25) is 19.8 Å². The summed E-state index contributed by atoms with van der Waals surface area (Å²) in [7, 11) is 0. The normalized spacial score (nSPS) is 14.8. The molecule has 0 saturated carbocycles. The Labute approximate surface area is 210 Å². The minimum absolute atomic E-state index is 0.0721. The Hall–Kier alpha value is -3.27. The quantitative estimate of drug-likeness (QED) is 0.337. The Morgan fingerprint density at radius 3 is 2.77 bits per heavy atom. The van der Waals surface area contributed by atoms with Crippen molar-refractivity contribution >= 4 is 50.8 Å². The summed E-state index contributed by atoms with van der Waals surface area (Å²) < 4.78 is 13.3. The van der Waals surface area contributed by atoms with Crippen molar-refractivity contribution in [2.75, 3.05) is 18.4 Å². The molecule has 0 spiro atoms. The van der Waals surface area contributed by atoms with E-state index < -0.39 is 11.7 Å². The third kappa shape index (κ3) is 5.37. The molecule has 0 bridgehead atoms. The maximum absolute atomic E-state index is 13.3. The second-order valence-electron chi connectivity index (χ2n) is 8.50. The Morgan fingerprint density at radius 1 is 1.17 bits per heavy atom. The van der Waals surface area contributed by atoms with Crippen LogP contribution in [0.15, 0.2) is 54.0 Å². The standard InChI is InChI=1S/C25H23ClFN5O2S/c26-19-11-15(5-6-20(19)27)23(33)31-25-30-22(14-35-25)24(34)29-17-7-9-32(10-8-17)13-16-12-28-21-4-2-1-3-18(16)21/h1-6,11-12,14,17,28H,7-10,13H2,(H,29,34)(H,30,31,33). The minimum atomic E-state index is -0.597. The van der Waals surface area contributed by atoms with Gasteiger partial charge in [0.05, 0.1) is 5.02 Å². The summed E-state index contributed by atoms with van der Waals surface area (Å²) in [5.41, 5.74) is 2.88. The van der Waals surface area contributed by atoms with Gasteiger partial charge in [-0.2, -0.15) is 0 Å². The predicted octanol–water partition coefficient (Wildman–Crippen LogP) is 5.06. The minimum Gasteiger partial charge on any atom is -0.361 e. The first-order valence-corrected chi connectivity index (χ1v) is 12.5. The number of nitrogens with one attached hydrogen (secondary N) is 3. The number of aromatic amines is 1. The summed E-state index contributed by atoms with van der Waals surface area (Å²) in [6, 6.07) is 12.1. The molecule has 2 aromatic heterocycles. The number of aromatic nitrogens is 2. The fourth-order valence-electron chi connectivity index (χ4n) is 4.24. The van der Waals surface area contributed by atoms with Gasteiger partial charge in [0.1, 0.15) is 11.5 Å². The lowest BCUT2D eigenvalue weighted by molar-refractivity contribution is 0.0903. The Bertz CT molecular complexity index is 1380. The molecule has 10 heteroatoms. The van der Waals surface area contributed by atoms with Crippen LogP contribution in [0, 0.1) is 5.82 Å². The molecular weight excluding hydrogens is 489 g/mol. The molecular formula is C25H23ClFN5O2S. The molecule has 0 radical (unpaired) electrons. The van der Waals surface area contributed by atoms with Crippen molar-refractivity contribution in [3.8, 4) is 0 Å². The average Bonchev–Trinajstić information content (AvgIpc) is 3.49. The lowest BCUT2D eigenvalue weighted by Gasteiger charge is -2.32. The number of likely N-dealkylation sites (tertiary alicyclic amines) is 1. The number of piperidine rings is 1. The van der Waals surface area contributed by atoms with E-state index in [9.17, 15) is 14.0 Å². The molecule has 1 saturated heterocycles. The van der Waals surface area contributed by atoms with Crippen molar-refractivity contribution in [1.82, 2.24) is 20.2 Å². The largest absolute Gasteiger partial charge is 0.361 e. The number of para-hydroxylation sites is 1. The van der Waals surface area contributed by atoms with Crippen LogP contribution >= 0.6 is 22.9 Å². The number of fused-ring (bicyclic) bond motifs is 1. The number of carbonyl (C=O) groups excluding carboxylic acids is 2. The second-order valence-corrected chi connectivity index (χ2v) is 9.77. The molecule has 7 nitrogen and oxygen atoms in total. The van der Waals surface area contributed by atoms with E-state index in [4.69, 9.17) is 11.6 Å². The highest BCUT2D eigenvalue weighted by Gasteiger charge is 2.23. The van der Waals surface area contributed by atoms with E-state index in [-0.39, 0.29) is 33.4 Å². The van der Waals surface area contributed by atoms with Crippen molar-refractivity contribution in [3.05, 3.63) is 81.7 Å². The molecule has 0 unspecified atom stereocenters. The van der Waals surface area contributed by atoms with E-state index in [1.807, 2.05) is 6.07 Å². The molecule has 2 amide bonds. The number of amides is 2. The topological polar surface area (TPSA) is 90.1 Å². The third-order valence-corrected chi connectivity index (χ3v) is 7.18. The number of hydrogen-bond donors (Lipinski definition) is 3. The Morgan fingerprint density at radius 2 is 1.97 bits per heavy atom. The van der Waals surface area contributed by atoms with Crippen LogP contribution in [-0.2, 0) is 6.54 Å². The number of nitrogens with zero attached hydrogens (tertiary/aromatic N) is 2. The number of anilines is 1. The SMILES string of the molecule is O=C(Nc1nc(C(=O)NC2CCN(Cc3c[nH]c4ccccc34)CC2)cs1)c1ccc(F)c(Cl)c1. The van der Waals surface area contributed by atoms with Crippen LogP contribution in [-0.4, -0.2) is 45.8 Å². The van der Waals surface area contributed by atoms with Gasteiger partial charge in [-0.15, -0.1) is 11.3 Å². The van der Waals surface area contributed by atoms with E-state index in [0.29, 0.717) is 0 Å². The zero-order valence-electron chi connectivity index (χ0n) is 18.7. The monoisotopic (exact) mass is 511 g/mol. The zero-order chi connectivity index (χ0) is 24.4. The van der Waals surface area contributed by atoms with Gasteiger partial charge in [0, 0.05) is 53.7 Å². The van der Waals surface area contributed by atoms with Crippen LogP contribution in [0.5, 0.6) is 0 Å². The number of benzene rings is 2. The highest BCUT2D eigenvalue weighted by molar-refractivity contribution is 7.14. The first-order chi connectivity index (χ1) is 17.0. The summed E-state index contributed by atoms with van der Waals surface area (Å²) in [4.78, 5) is 35.0. The first kappa shape index (κ1) is 23.5. The van der Waals surface area contributed by atoms with Gasteiger partial charge >= 0.3 is 0 Å². The number of hydrogen-bond acceptors (Lipinski definition) is 5. The highest BCUT2D eigenvalue weighted by Crippen LogP contribution is 2.22. The highest BCUT2D eigenvalue weighted by atomic mass is 35.5. The van der Waals surface area contributed by atoms with Crippen molar-refractivity contribution in [3.63, 3.8) is 0 Å². The fraction of sp³-hybridized carbons (Fsp3) is 0.240. The maximum atomic E-state index is 13.3. The smallest absolute Gasteiger partial charge is 0.271 e. The number of thiazole rings is 1. The number of rotatable bonds is 6. The number of halogens is 2. The third-order valence-electron chi connectivity index (χ3n) is 6.13. The van der Waals surface area contributed by atoms with Crippen molar-refractivity contribution in [1.29, 1.82) is 0 Å². The zero-order valence-corrected chi connectivity index (χ0v) is 20.3. The van der Waals surface area contributed by atoms with E-state index in [0.717, 1.165) is 55.4 Å². The molecule has 3 N–H and O–H groups in total.